The maximum absolute atomic E-state index is 5.99. The maximum atomic E-state index is 5.99. The lowest BCUT2D eigenvalue weighted by Crippen LogP contribution is -2.40. The lowest BCUT2D eigenvalue weighted by Gasteiger charge is -2.39. The molecule has 1 N–H and O–H groups in total. The summed E-state index contributed by atoms with van der Waals surface area (Å²) in [5, 5.41) is 4.27. The van der Waals surface area contributed by atoms with E-state index in [1.807, 2.05) is 18.2 Å². The Hall–Kier alpha value is -0.730. The van der Waals surface area contributed by atoms with Gasteiger partial charge in [0.05, 0.1) is 0 Å². The summed E-state index contributed by atoms with van der Waals surface area (Å²) in [6.45, 7) is 4.73. The molecule has 110 valence electrons. The zero-order chi connectivity index (χ0) is 13.8. The molecule has 1 aliphatic carbocycles. The molecule has 1 aromatic carbocycles. The molecular weight excluding hydrogens is 268 g/mol. The first-order valence-corrected chi connectivity index (χ1v) is 8.35. The van der Waals surface area contributed by atoms with Gasteiger partial charge in [0.15, 0.2) is 0 Å². The molecule has 0 unspecified atom stereocenters. The van der Waals surface area contributed by atoms with E-state index in [1.54, 1.807) is 0 Å². The minimum absolute atomic E-state index is 0.733. The predicted molar refractivity (Wildman–Crippen MR) is 86.5 cm³/mol. The third-order valence-electron chi connectivity index (χ3n) is 5.16. The molecule has 1 aromatic rings. The fourth-order valence-electron chi connectivity index (χ4n) is 3.83. The third kappa shape index (κ3) is 3.48. The van der Waals surface area contributed by atoms with Gasteiger partial charge in [0.25, 0.3) is 0 Å². The van der Waals surface area contributed by atoms with E-state index in [2.05, 4.69) is 16.3 Å². The van der Waals surface area contributed by atoms with Gasteiger partial charge in [-0.1, -0.05) is 30.5 Å². The van der Waals surface area contributed by atoms with Crippen LogP contribution in [0.4, 0.5) is 5.69 Å². The summed E-state index contributed by atoms with van der Waals surface area (Å²) >= 11 is 5.99. The van der Waals surface area contributed by atoms with E-state index in [4.69, 9.17) is 11.6 Å². The highest BCUT2D eigenvalue weighted by Gasteiger charge is 2.36. The van der Waals surface area contributed by atoms with Crippen LogP contribution in [0, 0.1) is 5.41 Å². The highest BCUT2D eigenvalue weighted by molar-refractivity contribution is 6.30. The number of rotatable bonds is 4. The van der Waals surface area contributed by atoms with Gasteiger partial charge in [-0.15, -0.1) is 0 Å². The van der Waals surface area contributed by atoms with Gasteiger partial charge in [0.1, 0.15) is 0 Å². The highest BCUT2D eigenvalue weighted by Crippen LogP contribution is 2.45. The largest absolute Gasteiger partial charge is 0.384 e. The van der Waals surface area contributed by atoms with Gasteiger partial charge in [-0.3, -0.25) is 0 Å². The van der Waals surface area contributed by atoms with Crippen LogP contribution in [-0.4, -0.2) is 31.1 Å². The van der Waals surface area contributed by atoms with Gasteiger partial charge in [0, 0.05) is 23.8 Å². The lowest BCUT2D eigenvalue weighted by atomic mass is 9.77. The zero-order valence-corrected chi connectivity index (χ0v) is 13.0. The minimum Gasteiger partial charge on any atom is -0.384 e. The summed E-state index contributed by atoms with van der Waals surface area (Å²) in [5.74, 6) is 0. The van der Waals surface area contributed by atoms with E-state index in [0.29, 0.717) is 0 Å². The number of benzene rings is 1. The van der Waals surface area contributed by atoms with E-state index in [0.717, 1.165) is 29.2 Å². The van der Waals surface area contributed by atoms with E-state index < -0.39 is 0 Å². The van der Waals surface area contributed by atoms with Crippen LogP contribution in [0.1, 0.15) is 38.5 Å². The number of piperidine rings is 1. The average molecular weight is 293 g/mol. The molecule has 1 aliphatic heterocycles. The Balaban J connectivity index is 1.39. The van der Waals surface area contributed by atoms with Crippen LogP contribution < -0.4 is 5.32 Å². The van der Waals surface area contributed by atoms with Crippen molar-refractivity contribution >= 4 is 17.3 Å². The Morgan fingerprint density at radius 2 is 1.85 bits per heavy atom. The van der Waals surface area contributed by atoms with E-state index >= 15 is 0 Å². The number of nitrogens with zero attached hydrogens (tertiary/aromatic N) is 1. The molecule has 0 aromatic heterocycles. The number of halogens is 1. The van der Waals surface area contributed by atoms with Crippen molar-refractivity contribution in [3.63, 3.8) is 0 Å². The monoisotopic (exact) mass is 292 g/mol. The highest BCUT2D eigenvalue weighted by atomic mass is 35.5. The Bertz CT molecular complexity index is 430. The van der Waals surface area contributed by atoms with Gasteiger partial charge < -0.3 is 10.2 Å². The number of nitrogens with one attached hydrogen (secondary N) is 1. The summed E-state index contributed by atoms with van der Waals surface area (Å²) in [7, 11) is 0. The quantitative estimate of drug-likeness (QED) is 0.884. The van der Waals surface area contributed by atoms with Gasteiger partial charge in [-0.25, -0.2) is 0 Å². The predicted octanol–water partition coefficient (Wildman–Crippen LogP) is 4.41. The molecule has 20 heavy (non-hydrogen) atoms. The first-order chi connectivity index (χ1) is 9.76. The van der Waals surface area contributed by atoms with Crippen LogP contribution >= 0.6 is 11.6 Å². The van der Waals surface area contributed by atoms with Crippen LogP contribution in [0.15, 0.2) is 24.3 Å². The zero-order valence-electron chi connectivity index (χ0n) is 12.2. The Morgan fingerprint density at radius 3 is 2.55 bits per heavy atom. The van der Waals surface area contributed by atoms with Crippen LogP contribution in [0.25, 0.3) is 0 Å². The summed E-state index contributed by atoms with van der Waals surface area (Å²) in [4.78, 5) is 2.61. The molecule has 2 aliphatic rings. The summed E-state index contributed by atoms with van der Waals surface area (Å²) in [6, 6.07) is 7.98. The van der Waals surface area contributed by atoms with Crippen LogP contribution in [0.3, 0.4) is 0 Å². The molecule has 0 amide bonds. The number of likely N-dealkylation sites (tertiary alicyclic amines) is 1. The van der Waals surface area contributed by atoms with Crippen molar-refractivity contribution in [1.82, 2.24) is 4.90 Å². The van der Waals surface area contributed by atoms with Crippen LogP contribution in [0.2, 0.25) is 5.02 Å². The third-order valence-corrected chi connectivity index (χ3v) is 5.40. The summed E-state index contributed by atoms with van der Waals surface area (Å²) in [6.07, 6.45) is 8.75. The molecule has 1 saturated heterocycles. The van der Waals surface area contributed by atoms with Crippen LogP contribution in [-0.2, 0) is 0 Å². The molecule has 3 heteroatoms. The topological polar surface area (TPSA) is 15.3 Å². The second kappa shape index (κ2) is 6.36. The molecule has 0 radical (unpaired) electrons. The van der Waals surface area contributed by atoms with Gasteiger partial charge in [0.2, 0.25) is 0 Å². The summed E-state index contributed by atoms with van der Waals surface area (Å²) < 4.78 is 0. The van der Waals surface area contributed by atoms with Gasteiger partial charge in [-0.05, 0) is 62.4 Å². The molecule has 1 saturated carbocycles. The lowest BCUT2D eigenvalue weighted by molar-refractivity contribution is 0.112. The minimum atomic E-state index is 0.733. The molecule has 0 bridgehead atoms. The Morgan fingerprint density at radius 1 is 1.10 bits per heavy atom. The van der Waals surface area contributed by atoms with Crippen molar-refractivity contribution in [2.75, 3.05) is 31.5 Å². The fraction of sp³-hybridized carbons (Fsp3) is 0.647. The van der Waals surface area contributed by atoms with Crippen molar-refractivity contribution < 1.29 is 0 Å². The molecule has 1 spiro atoms. The number of anilines is 1. The Labute approximate surface area is 127 Å². The molecule has 0 atom stereocenters. The van der Waals surface area contributed by atoms with Crippen molar-refractivity contribution in [3.8, 4) is 0 Å². The van der Waals surface area contributed by atoms with Crippen LogP contribution in [0.5, 0.6) is 0 Å². The van der Waals surface area contributed by atoms with Crippen molar-refractivity contribution in [2.45, 2.75) is 38.5 Å². The van der Waals surface area contributed by atoms with Gasteiger partial charge in [-0.2, -0.15) is 0 Å². The molecule has 2 fully saturated rings. The SMILES string of the molecule is Clc1cccc(NCCN2CCC3(CCCC3)CC2)c1. The normalized spacial score (nSPS) is 22.2. The maximum Gasteiger partial charge on any atom is 0.0426 e. The fourth-order valence-corrected chi connectivity index (χ4v) is 4.02. The second-order valence-corrected chi connectivity index (χ2v) is 6.92. The number of hydrogen-bond donors (Lipinski definition) is 1. The average Bonchev–Trinajstić information content (AvgIpc) is 2.90. The van der Waals surface area contributed by atoms with Crippen molar-refractivity contribution in [1.29, 1.82) is 0 Å². The Kier molecular flexibility index (Phi) is 4.52. The van der Waals surface area contributed by atoms with Crippen molar-refractivity contribution in [3.05, 3.63) is 29.3 Å². The molecule has 2 nitrogen and oxygen atoms in total. The van der Waals surface area contributed by atoms with E-state index in [9.17, 15) is 0 Å². The molecule has 1 heterocycles. The molecular formula is C17H25ClN2. The summed E-state index contributed by atoms with van der Waals surface area (Å²) in [5.41, 5.74) is 1.86. The molecule has 3 rings (SSSR count). The van der Waals surface area contributed by atoms with Gasteiger partial charge >= 0.3 is 0 Å². The first-order valence-electron chi connectivity index (χ1n) is 7.98. The number of hydrogen-bond acceptors (Lipinski definition) is 2. The van der Waals surface area contributed by atoms with Crippen molar-refractivity contribution in [2.24, 2.45) is 5.41 Å². The van der Waals surface area contributed by atoms with E-state index in [-0.39, 0.29) is 0 Å². The van der Waals surface area contributed by atoms with E-state index in [1.165, 1.54) is 51.6 Å². The second-order valence-electron chi connectivity index (χ2n) is 6.49. The standard InChI is InChI=1S/C17H25ClN2/c18-15-4-3-5-16(14-15)19-10-13-20-11-8-17(9-12-20)6-1-2-7-17/h3-5,14,19H,1-2,6-13H2. The first kappa shape index (κ1) is 14.2. The smallest absolute Gasteiger partial charge is 0.0426 e.